The van der Waals surface area contributed by atoms with E-state index >= 15 is 0 Å². The topological polar surface area (TPSA) is 59.8 Å². The van der Waals surface area contributed by atoms with Crippen molar-refractivity contribution in [3.8, 4) is 11.4 Å². The SMILES string of the molecule is CCc1ccc(NC(=O)[C@@H](C)Sc2nnc(-c3ccc(C(C)(C)C)cc3)n2C)cc1. The maximum Gasteiger partial charge on any atom is 0.237 e. The standard InChI is InChI=1S/C24H30N4OS/c1-7-17-8-14-20(15-9-17)25-22(29)16(2)30-23-27-26-21(28(23)6)18-10-12-19(13-11-18)24(3,4)5/h8-16H,7H2,1-6H3,(H,25,29)/t16-/m1/s1. The average molecular weight is 423 g/mol. The number of amides is 1. The number of carbonyl (C=O) groups is 1. The average Bonchev–Trinajstić information content (AvgIpc) is 3.08. The van der Waals surface area contributed by atoms with Crippen molar-refractivity contribution in [2.45, 2.75) is 56.9 Å². The predicted octanol–water partition coefficient (Wildman–Crippen LogP) is 5.46. The molecule has 0 saturated carbocycles. The van der Waals surface area contributed by atoms with Crippen LogP contribution in [0.25, 0.3) is 11.4 Å². The van der Waals surface area contributed by atoms with Crippen LogP contribution >= 0.6 is 11.8 Å². The molecule has 158 valence electrons. The van der Waals surface area contributed by atoms with Crippen molar-refractivity contribution in [2.75, 3.05) is 5.32 Å². The number of hydrogen-bond donors (Lipinski definition) is 1. The first-order valence-electron chi connectivity index (χ1n) is 10.3. The van der Waals surface area contributed by atoms with Gasteiger partial charge in [0.1, 0.15) is 0 Å². The number of carbonyl (C=O) groups excluding carboxylic acids is 1. The fourth-order valence-electron chi connectivity index (χ4n) is 3.07. The molecule has 2 aromatic carbocycles. The van der Waals surface area contributed by atoms with Gasteiger partial charge in [0.15, 0.2) is 11.0 Å². The lowest BCUT2D eigenvalue weighted by Crippen LogP contribution is -2.22. The highest BCUT2D eigenvalue weighted by molar-refractivity contribution is 8.00. The van der Waals surface area contributed by atoms with E-state index < -0.39 is 0 Å². The van der Waals surface area contributed by atoms with E-state index in [2.05, 4.69) is 67.5 Å². The lowest BCUT2D eigenvalue weighted by atomic mass is 9.87. The van der Waals surface area contributed by atoms with Gasteiger partial charge in [-0.05, 0) is 42.0 Å². The van der Waals surface area contributed by atoms with Gasteiger partial charge >= 0.3 is 0 Å². The highest BCUT2D eigenvalue weighted by Gasteiger charge is 2.20. The largest absolute Gasteiger partial charge is 0.325 e. The first kappa shape index (κ1) is 22.1. The summed E-state index contributed by atoms with van der Waals surface area (Å²) in [6.45, 7) is 10.6. The third-order valence-electron chi connectivity index (χ3n) is 5.13. The van der Waals surface area contributed by atoms with Gasteiger partial charge in [-0.3, -0.25) is 4.79 Å². The van der Waals surface area contributed by atoms with Crippen LogP contribution in [-0.2, 0) is 23.7 Å². The number of anilines is 1. The Hall–Kier alpha value is -2.60. The molecule has 3 aromatic rings. The third-order valence-corrected chi connectivity index (χ3v) is 6.26. The van der Waals surface area contributed by atoms with Gasteiger partial charge in [0.05, 0.1) is 5.25 Å². The van der Waals surface area contributed by atoms with Gasteiger partial charge in [-0.25, -0.2) is 0 Å². The summed E-state index contributed by atoms with van der Waals surface area (Å²) in [5.41, 5.74) is 4.46. The van der Waals surface area contributed by atoms with E-state index in [1.807, 2.05) is 42.8 Å². The molecule has 0 unspecified atom stereocenters. The number of rotatable bonds is 6. The molecule has 0 aliphatic rings. The molecule has 1 heterocycles. The maximum atomic E-state index is 12.6. The Kier molecular flexibility index (Phi) is 6.66. The fourth-order valence-corrected chi connectivity index (χ4v) is 3.88. The van der Waals surface area contributed by atoms with Gasteiger partial charge in [-0.15, -0.1) is 10.2 Å². The zero-order chi connectivity index (χ0) is 21.9. The highest BCUT2D eigenvalue weighted by Crippen LogP contribution is 2.28. The van der Waals surface area contributed by atoms with Gasteiger partial charge in [0.25, 0.3) is 0 Å². The Morgan fingerprint density at radius 3 is 2.27 bits per heavy atom. The second-order valence-corrected chi connectivity index (χ2v) is 9.80. The van der Waals surface area contributed by atoms with Crippen LogP contribution in [0.1, 0.15) is 45.7 Å². The molecule has 1 amide bonds. The highest BCUT2D eigenvalue weighted by atomic mass is 32.2. The van der Waals surface area contributed by atoms with Crippen molar-refractivity contribution in [2.24, 2.45) is 7.05 Å². The van der Waals surface area contributed by atoms with Crippen molar-refractivity contribution in [3.05, 3.63) is 59.7 Å². The van der Waals surface area contributed by atoms with Crippen LogP contribution in [0.2, 0.25) is 0 Å². The summed E-state index contributed by atoms with van der Waals surface area (Å²) >= 11 is 1.41. The van der Waals surface area contributed by atoms with Crippen molar-refractivity contribution < 1.29 is 4.79 Å². The number of benzene rings is 2. The molecule has 6 heteroatoms. The number of aryl methyl sites for hydroxylation is 1. The quantitative estimate of drug-likeness (QED) is 0.536. The van der Waals surface area contributed by atoms with E-state index in [-0.39, 0.29) is 16.6 Å². The van der Waals surface area contributed by atoms with Crippen LogP contribution in [0.5, 0.6) is 0 Å². The van der Waals surface area contributed by atoms with E-state index in [4.69, 9.17) is 0 Å². The predicted molar refractivity (Wildman–Crippen MR) is 125 cm³/mol. The summed E-state index contributed by atoms with van der Waals surface area (Å²) in [4.78, 5) is 12.6. The Labute approximate surface area is 183 Å². The molecule has 0 radical (unpaired) electrons. The Balaban J connectivity index is 1.68. The van der Waals surface area contributed by atoms with Crippen molar-refractivity contribution in [1.82, 2.24) is 14.8 Å². The maximum absolute atomic E-state index is 12.6. The van der Waals surface area contributed by atoms with E-state index in [1.54, 1.807) is 0 Å². The molecule has 0 aliphatic heterocycles. The number of hydrogen-bond acceptors (Lipinski definition) is 4. The van der Waals surface area contributed by atoms with Crippen LogP contribution in [0, 0.1) is 0 Å². The molecule has 1 N–H and O–H groups in total. The van der Waals surface area contributed by atoms with Gasteiger partial charge in [0, 0.05) is 18.3 Å². The Morgan fingerprint density at radius 2 is 1.70 bits per heavy atom. The van der Waals surface area contributed by atoms with Gasteiger partial charge in [-0.2, -0.15) is 0 Å². The monoisotopic (exact) mass is 422 g/mol. The van der Waals surface area contributed by atoms with E-state index in [0.717, 1.165) is 23.5 Å². The van der Waals surface area contributed by atoms with E-state index in [1.165, 1.54) is 22.9 Å². The summed E-state index contributed by atoms with van der Waals surface area (Å²) in [6.07, 6.45) is 0.980. The molecular formula is C24H30N4OS. The van der Waals surface area contributed by atoms with Gasteiger partial charge in [-0.1, -0.05) is 75.9 Å². The minimum Gasteiger partial charge on any atom is -0.325 e. The molecule has 3 rings (SSSR count). The minimum atomic E-state index is -0.296. The molecule has 0 spiro atoms. The van der Waals surface area contributed by atoms with Gasteiger partial charge < -0.3 is 9.88 Å². The molecule has 1 atom stereocenters. The number of nitrogens with one attached hydrogen (secondary N) is 1. The first-order chi connectivity index (χ1) is 14.2. The zero-order valence-corrected chi connectivity index (χ0v) is 19.4. The second-order valence-electron chi connectivity index (χ2n) is 8.49. The minimum absolute atomic E-state index is 0.0525. The van der Waals surface area contributed by atoms with Crippen molar-refractivity contribution >= 4 is 23.4 Å². The summed E-state index contributed by atoms with van der Waals surface area (Å²) in [7, 11) is 1.93. The summed E-state index contributed by atoms with van der Waals surface area (Å²) in [5, 5.41) is 12.1. The summed E-state index contributed by atoms with van der Waals surface area (Å²) in [6, 6.07) is 16.4. The Bertz CT molecular complexity index is 1000. The van der Waals surface area contributed by atoms with Crippen LogP contribution in [0.15, 0.2) is 53.7 Å². The lowest BCUT2D eigenvalue weighted by molar-refractivity contribution is -0.115. The van der Waals surface area contributed by atoms with Crippen molar-refractivity contribution in [1.29, 1.82) is 0 Å². The van der Waals surface area contributed by atoms with Crippen LogP contribution in [0.4, 0.5) is 5.69 Å². The van der Waals surface area contributed by atoms with Crippen LogP contribution in [0.3, 0.4) is 0 Å². The summed E-state index contributed by atoms with van der Waals surface area (Å²) in [5.74, 6) is 0.740. The number of aromatic nitrogens is 3. The second kappa shape index (κ2) is 9.04. The van der Waals surface area contributed by atoms with Crippen LogP contribution < -0.4 is 5.32 Å². The normalized spacial score (nSPS) is 12.6. The first-order valence-corrected chi connectivity index (χ1v) is 11.1. The molecule has 0 bridgehead atoms. The zero-order valence-electron chi connectivity index (χ0n) is 18.6. The van der Waals surface area contributed by atoms with Crippen LogP contribution in [-0.4, -0.2) is 25.9 Å². The smallest absolute Gasteiger partial charge is 0.237 e. The molecule has 1 aromatic heterocycles. The third kappa shape index (κ3) is 5.11. The molecule has 30 heavy (non-hydrogen) atoms. The molecular weight excluding hydrogens is 392 g/mol. The molecule has 0 saturated heterocycles. The number of nitrogens with zero attached hydrogens (tertiary/aromatic N) is 3. The fraction of sp³-hybridized carbons (Fsp3) is 0.375. The Morgan fingerprint density at radius 1 is 1.07 bits per heavy atom. The van der Waals surface area contributed by atoms with E-state index in [0.29, 0.717) is 5.16 Å². The molecule has 5 nitrogen and oxygen atoms in total. The molecule has 0 fully saturated rings. The lowest BCUT2D eigenvalue weighted by Gasteiger charge is -2.19. The summed E-state index contributed by atoms with van der Waals surface area (Å²) < 4.78 is 1.94. The van der Waals surface area contributed by atoms with E-state index in [9.17, 15) is 4.79 Å². The van der Waals surface area contributed by atoms with Crippen molar-refractivity contribution in [3.63, 3.8) is 0 Å². The molecule has 0 aliphatic carbocycles. The van der Waals surface area contributed by atoms with Gasteiger partial charge in [0.2, 0.25) is 5.91 Å². The number of thioether (sulfide) groups is 1.